The quantitative estimate of drug-likeness (QED) is 0.363. The summed E-state index contributed by atoms with van der Waals surface area (Å²) in [4.78, 5) is 32.1. The first-order valence-corrected chi connectivity index (χ1v) is 13.2. The van der Waals surface area contributed by atoms with Gasteiger partial charge in [-0.2, -0.15) is 0 Å². The van der Waals surface area contributed by atoms with Gasteiger partial charge in [0.1, 0.15) is 17.5 Å². The van der Waals surface area contributed by atoms with Crippen LogP contribution in [-0.2, 0) is 9.53 Å². The van der Waals surface area contributed by atoms with E-state index in [0.717, 1.165) is 5.56 Å². The molecule has 0 aliphatic carbocycles. The molecule has 0 radical (unpaired) electrons. The lowest BCUT2D eigenvalue weighted by molar-refractivity contribution is -0.139. The van der Waals surface area contributed by atoms with E-state index in [9.17, 15) is 9.59 Å². The summed E-state index contributed by atoms with van der Waals surface area (Å²) in [5.74, 6) is 1.56. The van der Waals surface area contributed by atoms with Crippen LogP contribution in [0.2, 0.25) is 0 Å². The van der Waals surface area contributed by atoms with Crippen molar-refractivity contribution in [2.75, 3.05) is 35.0 Å². The van der Waals surface area contributed by atoms with Gasteiger partial charge in [-0.15, -0.1) is 0 Å². The molecule has 0 bridgehead atoms. The van der Waals surface area contributed by atoms with E-state index < -0.39 is 12.0 Å². The number of carbonyl (C=O) groups excluding carboxylic acids is 1. The summed E-state index contributed by atoms with van der Waals surface area (Å²) in [6.07, 6.45) is 1.75. The Morgan fingerprint density at radius 1 is 1.08 bits per heavy atom. The molecule has 38 heavy (non-hydrogen) atoms. The molecule has 1 aromatic heterocycles. The number of nitrogens with zero attached hydrogens (tertiary/aromatic N) is 2. The Morgan fingerprint density at radius 2 is 1.82 bits per heavy atom. The number of fused-ring (bicyclic) bond motifs is 1. The maximum Gasteiger partial charge on any atom is 0.338 e. The molecule has 200 valence electrons. The SMILES string of the molecule is CCOC(=O)C1=C(C)N=c2s/c(=C\c3cc(Br)c(OC)c(OC)c3)c(=O)n2[C@@H]1c1ccc(OC)cc1OC. The molecular weight excluding hydrogens is 576 g/mol. The topological polar surface area (TPSA) is 97.6 Å². The highest BCUT2D eigenvalue weighted by Gasteiger charge is 2.35. The van der Waals surface area contributed by atoms with Crippen LogP contribution < -0.4 is 33.8 Å². The number of ether oxygens (including phenoxy) is 5. The lowest BCUT2D eigenvalue weighted by Gasteiger charge is -2.26. The number of allylic oxidation sites excluding steroid dienone is 1. The van der Waals surface area contributed by atoms with E-state index in [1.54, 1.807) is 65.5 Å². The van der Waals surface area contributed by atoms with Crippen LogP contribution in [0.3, 0.4) is 0 Å². The number of hydrogen-bond acceptors (Lipinski definition) is 9. The van der Waals surface area contributed by atoms with Crippen LogP contribution in [0, 0.1) is 0 Å². The number of hydrogen-bond donors (Lipinski definition) is 0. The Bertz CT molecular complexity index is 1610. The van der Waals surface area contributed by atoms with Crippen molar-refractivity contribution in [1.82, 2.24) is 4.57 Å². The number of aromatic nitrogens is 1. The first-order valence-electron chi connectivity index (χ1n) is 11.6. The number of esters is 1. The fraction of sp³-hybridized carbons (Fsp3) is 0.296. The Kier molecular flexibility index (Phi) is 8.27. The lowest BCUT2D eigenvalue weighted by atomic mass is 9.95. The summed E-state index contributed by atoms with van der Waals surface area (Å²) in [7, 11) is 6.18. The van der Waals surface area contributed by atoms with Crippen LogP contribution in [0.4, 0.5) is 0 Å². The smallest absolute Gasteiger partial charge is 0.338 e. The van der Waals surface area contributed by atoms with Crippen molar-refractivity contribution in [3.05, 3.63) is 76.9 Å². The summed E-state index contributed by atoms with van der Waals surface area (Å²) >= 11 is 4.72. The van der Waals surface area contributed by atoms with Crippen molar-refractivity contribution in [2.24, 2.45) is 4.99 Å². The van der Waals surface area contributed by atoms with Gasteiger partial charge in [0.25, 0.3) is 5.56 Å². The standard InChI is InChI=1S/C27H27BrN2O7S/c1-7-37-26(32)22-14(2)29-27-30(23(22)17-9-8-16(33-3)13-19(17)34-4)25(31)21(38-27)12-15-10-18(28)24(36-6)20(11-15)35-5/h8-13,23H,7H2,1-6H3/b21-12-/t23-/m1/s1. The van der Waals surface area contributed by atoms with E-state index in [1.807, 2.05) is 6.07 Å². The molecule has 2 heterocycles. The van der Waals surface area contributed by atoms with Gasteiger partial charge in [-0.3, -0.25) is 9.36 Å². The summed E-state index contributed by atoms with van der Waals surface area (Å²) in [6.45, 7) is 3.64. The number of rotatable bonds is 8. The van der Waals surface area contributed by atoms with E-state index in [0.29, 0.717) is 48.1 Å². The zero-order chi connectivity index (χ0) is 27.6. The third-order valence-corrected chi connectivity index (χ3v) is 7.58. The second kappa shape index (κ2) is 11.4. The molecule has 0 fully saturated rings. The van der Waals surface area contributed by atoms with Gasteiger partial charge in [0.2, 0.25) is 0 Å². The Hall–Kier alpha value is -3.57. The number of halogens is 1. The van der Waals surface area contributed by atoms with E-state index >= 15 is 0 Å². The summed E-state index contributed by atoms with van der Waals surface area (Å²) < 4.78 is 29.8. The Labute approximate surface area is 231 Å². The Balaban J connectivity index is 1.98. The molecule has 0 N–H and O–H groups in total. The van der Waals surface area contributed by atoms with Crippen molar-refractivity contribution in [1.29, 1.82) is 0 Å². The van der Waals surface area contributed by atoms with Crippen molar-refractivity contribution in [2.45, 2.75) is 19.9 Å². The van der Waals surface area contributed by atoms with Gasteiger partial charge in [0.05, 0.1) is 55.3 Å². The minimum atomic E-state index is -0.814. The van der Waals surface area contributed by atoms with Crippen molar-refractivity contribution in [3.63, 3.8) is 0 Å². The highest BCUT2D eigenvalue weighted by Crippen LogP contribution is 2.38. The zero-order valence-electron chi connectivity index (χ0n) is 21.8. The van der Waals surface area contributed by atoms with E-state index in [4.69, 9.17) is 23.7 Å². The fourth-order valence-electron chi connectivity index (χ4n) is 4.30. The van der Waals surface area contributed by atoms with Gasteiger partial charge in [0.15, 0.2) is 16.3 Å². The van der Waals surface area contributed by atoms with Crippen LogP contribution in [0.5, 0.6) is 23.0 Å². The summed E-state index contributed by atoms with van der Waals surface area (Å²) in [6, 6.07) is 8.05. The molecule has 9 nitrogen and oxygen atoms in total. The van der Waals surface area contributed by atoms with Crippen LogP contribution in [0.25, 0.3) is 6.08 Å². The third-order valence-electron chi connectivity index (χ3n) is 6.01. The maximum atomic E-state index is 13.9. The predicted octanol–water partition coefficient (Wildman–Crippen LogP) is 3.60. The third kappa shape index (κ3) is 4.95. The highest BCUT2D eigenvalue weighted by atomic mass is 79.9. The average Bonchev–Trinajstić information content (AvgIpc) is 3.21. The van der Waals surface area contributed by atoms with Gasteiger partial charge in [-0.1, -0.05) is 11.3 Å². The normalized spacial score (nSPS) is 15.0. The average molecular weight is 603 g/mol. The Morgan fingerprint density at radius 3 is 2.45 bits per heavy atom. The molecular formula is C27H27BrN2O7S. The number of benzene rings is 2. The molecule has 1 atom stereocenters. The minimum absolute atomic E-state index is 0.181. The van der Waals surface area contributed by atoms with Gasteiger partial charge in [0, 0.05) is 11.6 Å². The van der Waals surface area contributed by atoms with Gasteiger partial charge in [-0.25, -0.2) is 9.79 Å². The molecule has 0 unspecified atom stereocenters. The van der Waals surface area contributed by atoms with Gasteiger partial charge < -0.3 is 23.7 Å². The van der Waals surface area contributed by atoms with Crippen LogP contribution >= 0.6 is 27.3 Å². The predicted molar refractivity (Wildman–Crippen MR) is 147 cm³/mol. The molecule has 0 amide bonds. The number of methoxy groups -OCH3 is 4. The molecule has 0 saturated heterocycles. The monoisotopic (exact) mass is 602 g/mol. The molecule has 11 heteroatoms. The van der Waals surface area contributed by atoms with Crippen molar-refractivity contribution in [3.8, 4) is 23.0 Å². The summed E-state index contributed by atoms with van der Waals surface area (Å²) in [5.41, 5.74) is 1.75. The van der Waals surface area contributed by atoms with Crippen molar-refractivity contribution >= 4 is 39.3 Å². The zero-order valence-corrected chi connectivity index (χ0v) is 24.2. The van der Waals surface area contributed by atoms with Gasteiger partial charge >= 0.3 is 5.97 Å². The first kappa shape index (κ1) is 27.5. The maximum absolute atomic E-state index is 13.9. The molecule has 0 saturated carbocycles. The largest absolute Gasteiger partial charge is 0.497 e. The fourth-order valence-corrected chi connectivity index (χ4v) is 5.97. The van der Waals surface area contributed by atoms with E-state index in [2.05, 4.69) is 20.9 Å². The molecule has 1 aliphatic rings. The molecule has 3 aromatic rings. The molecule has 2 aromatic carbocycles. The highest BCUT2D eigenvalue weighted by molar-refractivity contribution is 9.10. The van der Waals surface area contributed by atoms with E-state index in [1.165, 1.54) is 23.0 Å². The number of carbonyl (C=O) groups is 1. The molecule has 1 aliphatic heterocycles. The van der Waals surface area contributed by atoms with Crippen LogP contribution in [0.1, 0.15) is 31.0 Å². The number of thiazole rings is 1. The van der Waals surface area contributed by atoms with Crippen LogP contribution in [0.15, 0.2) is 55.9 Å². The second-order valence-electron chi connectivity index (χ2n) is 8.15. The van der Waals surface area contributed by atoms with E-state index in [-0.39, 0.29) is 17.7 Å². The lowest BCUT2D eigenvalue weighted by Crippen LogP contribution is -2.40. The first-order chi connectivity index (χ1) is 18.3. The van der Waals surface area contributed by atoms with Crippen LogP contribution in [-0.4, -0.2) is 45.6 Å². The second-order valence-corrected chi connectivity index (χ2v) is 10.0. The van der Waals surface area contributed by atoms with Gasteiger partial charge in [-0.05, 0) is 65.7 Å². The van der Waals surface area contributed by atoms with Crippen molar-refractivity contribution < 1.29 is 28.5 Å². The molecule has 4 rings (SSSR count). The minimum Gasteiger partial charge on any atom is -0.497 e. The summed E-state index contributed by atoms with van der Waals surface area (Å²) in [5, 5.41) is 0. The molecule has 0 spiro atoms.